The number of hydrogen-bond acceptors (Lipinski definition) is 5. The van der Waals surface area contributed by atoms with Crippen LogP contribution in [-0.2, 0) is 0 Å². The minimum Gasteiger partial charge on any atom is -0.481 e. The van der Waals surface area contributed by atoms with E-state index in [2.05, 4.69) is 4.99 Å². The van der Waals surface area contributed by atoms with Gasteiger partial charge in [0.05, 0.1) is 6.54 Å². The van der Waals surface area contributed by atoms with Gasteiger partial charge in [0.25, 0.3) is 5.92 Å². The Bertz CT molecular complexity index is 561. The van der Waals surface area contributed by atoms with Gasteiger partial charge in [0, 0.05) is 12.5 Å². The highest BCUT2D eigenvalue weighted by Crippen LogP contribution is 2.35. The van der Waals surface area contributed by atoms with Crippen LogP contribution in [0.15, 0.2) is 23.2 Å². The number of halogens is 5. The molecule has 2 atom stereocenters. The first kappa shape index (κ1) is 25.4. The van der Waals surface area contributed by atoms with Gasteiger partial charge >= 0.3 is 0 Å². The van der Waals surface area contributed by atoms with Crippen LogP contribution in [0.4, 0.5) is 14.5 Å². The molecule has 6 N–H and O–H groups in total. The van der Waals surface area contributed by atoms with Crippen molar-refractivity contribution in [1.82, 2.24) is 0 Å². The molecule has 1 aromatic rings. The molecule has 0 fully saturated rings. The van der Waals surface area contributed by atoms with E-state index >= 15 is 0 Å². The number of benzene rings is 1. The van der Waals surface area contributed by atoms with Gasteiger partial charge < -0.3 is 21.9 Å². The van der Waals surface area contributed by atoms with Gasteiger partial charge in [0.15, 0.2) is 6.10 Å². The maximum atomic E-state index is 13.2. The minimum absolute atomic E-state index is 0. The number of aliphatic imine (C=N–C) groups is 1. The van der Waals surface area contributed by atoms with Gasteiger partial charge in [-0.2, -0.15) is 0 Å². The van der Waals surface area contributed by atoms with Gasteiger partial charge in [-0.05, 0) is 31.0 Å². The van der Waals surface area contributed by atoms with Gasteiger partial charge in [-0.3, -0.25) is 0 Å². The van der Waals surface area contributed by atoms with E-state index in [-0.39, 0.29) is 56.2 Å². The summed E-state index contributed by atoms with van der Waals surface area (Å²) < 4.78 is 31.9. The standard InChI is InChI=1S/C14H20F2N4O.3ClH/c1-8-13(19)20-11-6-9(2-3-12(11)21-8)10(18)4-5-14(15,16)7-17;;;/h2-3,6,8,10H,4-5,7,17-18H2,1H3,(H2,19,20);3*1H/t8-,10?;;;/m1.../s1. The van der Waals surface area contributed by atoms with E-state index in [1.807, 2.05) is 0 Å². The molecule has 0 aliphatic carbocycles. The highest BCUT2D eigenvalue weighted by Gasteiger charge is 2.27. The molecule has 0 saturated carbocycles. The van der Waals surface area contributed by atoms with Gasteiger partial charge in [-0.15, -0.1) is 37.2 Å². The first-order valence-electron chi connectivity index (χ1n) is 6.80. The zero-order chi connectivity index (χ0) is 15.6. The summed E-state index contributed by atoms with van der Waals surface area (Å²) in [5.41, 5.74) is 18.0. The molecular weight excluding hydrogens is 385 g/mol. The molecule has 0 spiro atoms. The van der Waals surface area contributed by atoms with Crippen LogP contribution in [-0.4, -0.2) is 24.4 Å². The first-order chi connectivity index (χ1) is 9.82. The van der Waals surface area contributed by atoms with Crippen molar-refractivity contribution >= 4 is 48.7 Å². The maximum absolute atomic E-state index is 13.2. The van der Waals surface area contributed by atoms with Crippen LogP contribution in [0.25, 0.3) is 0 Å². The molecular formula is C14H23Cl3F2N4O. The third-order valence-corrected chi connectivity index (χ3v) is 3.50. The Morgan fingerprint density at radius 3 is 2.50 bits per heavy atom. The number of alkyl halides is 2. The van der Waals surface area contributed by atoms with Gasteiger partial charge in [-0.25, -0.2) is 13.8 Å². The highest BCUT2D eigenvalue weighted by atomic mass is 35.5. The van der Waals surface area contributed by atoms with Gasteiger partial charge in [0.2, 0.25) is 0 Å². The van der Waals surface area contributed by atoms with Crippen molar-refractivity contribution in [2.24, 2.45) is 22.2 Å². The number of amidine groups is 1. The molecule has 1 unspecified atom stereocenters. The summed E-state index contributed by atoms with van der Waals surface area (Å²) in [6.07, 6.45) is -0.486. The van der Waals surface area contributed by atoms with Crippen LogP contribution < -0.4 is 21.9 Å². The number of fused-ring (bicyclic) bond motifs is 1. The molecule has 0 amide bonds. The van der Waals surface area contributed by atoms with Crippen LogP contribution >= 0.6 is 37.2 Å². The SMILES string of the molecule is C[C@H]1Oc2ccc(C(N)CCC(F)(F)CN)cc2N=C1N.Cl.Cl.Cl. The second-order valence-electron chi connectivity index (χ2n) is 5.23. The van der Waals surface area contributed by atoms with Crippen molar-refractivity contribution in [3.8, 4) is 5.75 Å². The molecule has 1 aliphatic heterocycles. The average Bonchev–Trinajstić information content (AvgIpc) is 2.45. The number of hydrogen-bond donors (Lipinski definition) is 3. The monoisotopic (exact) mass is 406 g/mol. The van der Waals surface area contributed by atoms with E-state index in [9.17, 15) is 8.78 Å². The van der Waals surface area contributed by atoms with Crippen LogP contribution in [0.5, 0.6) is 5.75 Å². The van der Waals surface area contributed by atoms with E-state index in [0.717, 1.165) is 5.56 Å². The third kappa shape index (κ3) is 6.22. The van der Waals surface area contributed by atoms with Crippen LogP contribution in [0.2, 0.25) is 0 Å². The summed E-state index contributed by atoms with van der Waals surface area (Å²) >= 11 is 0. The van der Waals surface area contributed by atoms with E-state index in [4.69, 9.17) is 21.9 Å². The van der Waals surface area contributed by atoms with E-state index in [1.165, 1.54) is 0 Å². The van der Waals surface area contributed by atoms with Crippen molar-refractivity contribution in [3.63, 3.8) is 0 Å². The predicted molar refractivity (Wildman–Crippen MR) is 99.7 cm³/mol. The lowest BCUT2D eigenvalue weighted by Gasteiger charge is -2.22. The highest BCUT2D eigenvalue weighted by molar-refractivity contribution is 5.89. The van der Waals surface area contributed by atoms with Crippen LogP contribution in [0.1, 0.15) is 31.4 Å². The molecule has 10 heteroatoms. The molecule has 24 heavy (non-hydrogen) atoms. The Morgan fingerprint density at radius 1 is 1.29 bits per heavy atom. The Morgan fingerprint density at radius 2 is 1.92 bits per heavy atom. The Balaban J connectivity index is 0. The van der Waals surface area contributed by atoms with Crippen molar-refractivity contribution in [3.05, 3.63) is 23.8 Å². The number of nitrogens with zero attached hydrogens (tertiary/aromatic N) is 1. The smallest absolute Gasteiger partial charge is 0.260 e. The van der Waals surface area contributed by atoms with Crippen molar-refractivity contribution < 1.29 is 13.5 Å². The van der Waals surface area contributed by atoms with Crippen molar-refractivity contribution in [2.75, 3.05) is 6.54 Å². The Kier molecular flexibility index (Phi) is 10.8. The molecule has 2 rings (SSSR count). The summed E-state index contributed by atoms with van der Waals surface area (Å²) in [6.45, 7) is 1.13. The van der Waals surface area contributed by atoms with Crippen LogP contribution in [0.3, 0.4) is 0 Å². The molecule has 1 aliphatic rings. The second kappa shape index (κ2) is 10.2. The quantitative estimate of drug-likeness (QED) is 0.698. The molecule has 0 aromatic heterocycles. The summed E-state index contributed by atoms with van der Waals surface area (Å²) in [6, 6.07) is 4.70. The average molecular weight is 408 g/mol. The zero-order valence-electron chi connectivity index (χ0n) is 13.1. The lowest BCUT2D eigenvalue weighted by Crippen LogP contribution is -2.33. The Labute approximate surface area is 158 Å². The molecule has 0 bridgehead atoms. The van der Waals surface area contributed by atoms with Crippen LogP contribution in [0, 0.1) is 0 Å². The number of rotatable bonds is 5. The maximum Gasteiger partial charge on any atom is 0.260 e. The molecule has 140 valence electrons. The van der Waals surface area contributed by atoms with E-state index in [1.54, 1.807) is 25.1 Å². The minimum atomic E-state index is -2.88. The summed E-state index contributed by atoms with van der Waals surface area (Å²) in [5.74, 6) is -1.89. The molecule has 0 radical (unpaired) electrons. The van der Waals surface area contributed by atoms with Gasteiger partial charge in [-0.1, -0.05) is 6.07 Å². The fourth-order valence-corrected chi connectivity index (χ4v) is 2.07. The fraction of sp³-hybridized carbons (Fsp3) is 0.500. The lowest BCUT2D eigenvalue weighted by atomic mass is 9.99. The molecule has 1 aromatic carbocycles. The summed E-state index contributed by atoms with van der Waals surface area (Å²) in [7, 11) is 0. The number of ether oxygens (including phenoxy) is 1. The first-order valence-corrected chi connectivity index (χ1v) is 6.80. The topological polar surface area (TPSA) is 99.6 Å². The van der Waals surface area contributed by atoms with E-state index in [0.29, 0.717) is 17.3 Å². The fourth-order valence-electron chi connectivity index (χ4n) is 2.07. The number of nitrogens with two attached hydrogens (primary N) is 3. The van der Waals surface area contributed by atoms with Crippen molar-refractivity contribution in [2.45, 2.75) is 37.8 Å². The second-order valence-corrected chi connectivity index (χ2v) is 5.23. The van der Waals surface area contributed by atoms with Crippen molar-refractivity contribution in [1.29, 1.82) is 0 Å². The largest absolute Gasteiger partial charge is 0.481 e. The molecule has 0 saturated heterocycles. The molecule has 1 heterocycles. The normalized spacial score (nSPS) is 17.0. The summed E-state index contributed by atoms with van der Waals surface area (Å²) in [5, 5.41) is 0. The predicted octanol–water partition coefficient (Wildman–Crippen LogP) is 3.10. The van der Waals surface area contributed by atoms with Gasteiger partial charge in [0.1, 0.15) is 17.3 Å². The molecule has 5 nitrogen and oxygen atoms in total. The Hall–Kier alpha value is -0.860. The zero-order valence-corrected chi connectivity index (χ0v) is 15.5. The van der Waals surface area contributed by atoms with E-state index < -0.39 is 18.5 Å². The third-order valence-electron chi connectivity index (χ3n) is 3.50. The lowest BCUT2D eigenvalue weighted by molar-refractivity contribution is -0.00141. The summed E-state index contributed by atoms with van der Waals surface area (Å²) in [4.78, 5) is 4.24.